The summed E-state index contributed by atoms with van der Waals surface area (Å²) < 4.78 is 1.99. The number of nitrogens with zero attached hydrogens (tertiary/aromatic N) is 6. The van der Waals surface area contributed by atoms with Crippen molar-refractivity contribution in [3.63, 3.8) is 0 Å². The fourth-order valence-electron chi connectivity index (χ4n) is 4.48. The highest BCUT2D eigenvalue weighted by Crippen LogP contribution is 2.31. The predicted molar refractivity (Wildman–Crippen MR) is 122 cm³/mol. The van der Waals surface area contributed by atoms with Crippen LogP contribution in [0.15, 0.2) is 48.8 Å². The van der Waals surface area contributed by atoms with Gasteiger partial charge in [-0.1, -0.05) is 23.7 Å². The molecule has 8 heteroatoms. The number of halogens is 1. The van der Waals surface area contributed by atoms with Gasteiger partial charge in [-0.15, -0.1) is 0 Å². The number of hydrogen-bond acceptors (Lipinski definition) is 6. The standard InChI is InChI=1S/C23H24ClN7/c1-15-21(19-8-10-27-23(25)28-19)22-26-11-9-20(31(22)29-15)17-3-2-12-30(14-17)13-16-4-6-18(24)7-5-16/h4-11,17H,2-3,12-14H2,1H3,(H2,25,27,28). The number of aromatic nitrogens is 5. The first kappa shape index (κ1) is 19.9. The van der Waals surface area contributed by atoms with Gasteiger partial charge in [0.1, 0.15) is 0 Å². The van der Waals surface area contributed by atoms with Gasteiger partial charge < -0.3 is 5.73 Å². The third-order valence-electron chi connectivity index (χ3n) is 5.90. The first-order chi connectivity index (χ1) is 15.1. The van der Waals surface area contributed by atoms with Crippen molar-refractivity contribution in [2.45, 2.75) is 32.2 Å². The number of nitrogens with two attached hydrogens (primary N) is 1. The number of rotatable bonds is 4. The molecule has 4 aromatic rings. The van der Waals surface area contributed by atoms with Crippen LogP contribution in [0.3, 0.4) is 0 Å². The number of benzene rings is 1. The van der Waals surface area contributed by atoms with Gasteiger partial charge in [-0.2, -0.15) is 5.10 Å². The van der Waals surface area contributed by atoms with E-state index in [1.165, 1.54) is 11.3 Å². The molecule has 1 fully saturated rings. The van der Waals surface area contributed by atoms with Crippen LogP contribution in [0.5, 0.6) is 0 Å². The number of piperidine rings is 1. The predicted octanol–water partition coefficient (Wildman–Crippen LogP) is 4.11. The number of nitrogen functional groups attached to an aromatic ring is 1. The van der Waals surface area contributed by atoms with Crippen LogP contribution in [0.4, 0.5) is 5.95 Å². The molecular formula is C23H24ClN7. The number of hydrogen-bond donors (Lipinski definition) is 1. The van der Waals surface area contributed by atoms with E-state index in [1.54, 1.807) is 6.20 Å². The lowest BCUT2D eigenvalue weighted by molar-refractivity contribution is 0.197. The minimum absolute atomic E-state index is 0.248. The van der Waals surface area contributed by atoms with Crippen LogP contribution in [-0.2, 0) is 6.54 Å². The Morgan fingerprint density at radius 1 is 1.10 bits per heavy atom. The van der Waals surface area contributed by atoms with Crippen molar-refractivity contribution in [3.05, 3.63) is 70.8 Å². The lowest BCUT2D eigenvalue weighted by Gasteiger charge is -2.33. The van der Waals surface area contributed by atoms with Gasteiger partial charge in [-0.25, -0.2) is 19.5 Å². The molecule has 1 unspecified atom stereocenters. The molecule has 3 aromatic heterocycles. The molecule has 0 saturated carbocycles. The smallest absolute Gasteiger partial charge is 0.220 e. The highest BCUT2D eigenvalue weighted by atomic mass is 35.5. The van der Waals surface area contributed by atoms with E-state index in [1.807, 2.05) is 35.8 Å². The second-order valence-corrected chi connectivity index (χ2v) is 8.50. The first-order valence-electron chi connectivity index (χ1n) is 10.5. The van der Waals surface area contributed by atoms with E-state index in [-0.39, 0.29) is 5.95 Å². The van der Waals surface area contributed by atoms with E-state index in [2.05, 4.69) is 38.1 Å². The summed E-state index contributed by atoms with van der Waals surface area (Å²) in [5, 5.41) is 5.61. The zero-order valence-electron chi connectivity index (χ0n) is 17.4. The van der Waals surface area contributed by atoms with Crippen molar-refractivity contribution in [3.8, 4) is 11.3 Å². The van der Waals surface area contributed by atoms with Crippen LogP contribution >= 0.6 is 11.6 Å². The molecule has 1 saturated heterocycles. The first-order valence-corrected chi connectivity index (χ1v) is 10.9. The summed E-state index contributed by atoms with van der Waals surface area (Å²) in [7, 11) is 0. The topological polar surface area (TPSA) is 85.2 Å². The van der Waals surface area contributed by atoms with Gasteiger partial charge in [0.25, 0.3) is 0 Å². The molecule has 0 radical (unpaired) electrons. The molecular weight excluding hydrogens is 410 g/mol. The largest absolute Gasteiger partial charge is 0.368 e. The van der Waals surface area contributed by atoms with E-state index < -0.39 is 0 Å². The molecule has 2 N–H and O–H groups in total. The molecule has 1 atom stereocenters. The molecule has 31 heavy (non-hydrogen) atoms. The van der Waals surface area contributed by atoms with Crippen LogP contribution in [-0.4, -0.2) is 42.6 Å². The third kappa shape index (κ3) is 3.98. The summed E-state index contributed by atoms with van der Waals surface area (Å²) in [4.78, 5) is 15.5. The average molecular weight is 434 g/mol. The molecule has 158 valence electrons. The molecule has 0 spiro atoms. The molecule has 1 aliphatic heterocycles. The maximum absolute atomic E-state index is 6.04. The van der Waals surface area contributed by atoms with Gasteiger partial charge in [0.15, 0.2) is 5.65 Å². The number of likely N-dealkylation sites (tertiary alicyclic amines) is 1. The minimum Gasteiger partial charge on any atom is -0.368 e. The monoisotopic (exact) mass is 433 g/mol. The maximum atomic E-state index is 6.04. The van der Waals surface area contributed by atoms with Crippen LogP contribution in [0, 0.1) is 6.92 Å². The Labute approximate surface area is 185 Å². The Morgan fingerprint density at radius 3 is 2.71 bits per heavy atom. The molecule has 7 nitrogen and oxygen atoms in total. The van der Waals surface area contributed by atoms with E-state index >= 15 is 0 Å². The second kappa shape index (κ2) is 8.24. The average Bonchev–Trinajstić information content (AvgIpc) is 3.11. The highest BCUT2D eigenvalue weighted by molar-refractivity contribution is 6.30. The zero-order chi connectivity index (χ0) is 21.4. The molecule has 1 aliphatic rings. The summed E-state index contributed by atoms with van der Waals surface area (Å²) in [6.45, 7) is 4.98. The number of aryl methyl sites for hydroxylation is 1. The summed E-state index contributed by atoms with van der Waals surface area (Å²) in [6.07, 6.45) is 5.82. The fourth-order valence-corrected chi connectivity index (χ4v) is 4.61. The summed E-state index contributed by atoms with van der Waals surface area (Å²) >= 11 is 6.04. The van der Waals surface area contributed by atoms with E-state index in [9.17, 15) is 0 Å². The SMILES string of the molecule is Cc1nn2c(C3CCCN(Cc4ccc(Cl)cc4)C3)ccnc2c1-c1ccnc(N)n1. The third-order valence-corrected chi connectivity index (χ3v) is 6.15. The summed E-state index contributed by atoms with van der Waals surface area (Å²) in [5.74, 6) is 0.631. The van der Waals surface area contributed by atoms with Crippen LogP contribution in [0.2, 0.25) is 5.02 Å². The van der Waals surface area contributed by atoms with Crippen molar-refractivity contribution < 1.29 is 0 Å². The van der Waals surface area contributed by atoms with Crippen molar-refractivity contribution in [2.75, 3.05) is 18.8 Å². The highest BCUT2D eigenvalue weighted by Gasteiger charge is 2.25. The van der Waals surface area contributed by atoms with Crippen LogP contribution in [0.25, 0.3) is 16.9 Å². The Bertz CT molecular complexity index is 1220. The Hall–Kier alpha value is -3.03. The quantitative estimate of drug-likeness (QED) is 0.521. The van der Waals surface area contributed by atoms with Gasteiger partial charge >= 0.3 is 0 Å². The molecule has 4 heterocycles. The lowest BCUT2D eigenvalue weighted by Crippen LogP contribution is -2.34. The normalized spacial score (nSPS) is 17.3. The van der Waals surface area contributed by atoms with Gasteiger partial charge in [0.05, 0.1) is 22.6 Å². The van der Waals surface area contributed by atoms with Crippen molar-refractivity contribution in [1.82, 2.24) is 29.5 Å². The van der Waals surface area contributed by atoms with Crippen molar-refractivity contribution in [1.29, 1.82) is 0 Å². The number of fused-ring (bicyclic) bond motifs is 1. The number of anilines is 1. The second-order valence-electron chi connectivity index (χ2n) is 8.07. The van der Waals surface area contributed by atoms with Gasteiger partial charge in [0, 0.05) is 36.4 Å². The van der Waals surface area contributed by atoms with Crippen LogP contribution < -0.4 is 5.73 Å². The maximum Gasteiger partial charge on any atom is 0.220 e. The molecule has 1 aromatic carbocycles. The lowest BCUT2D eigenvalue weighted by atomic mass is 9.94. The van der Waals surface area contributed by atoms with E-state index in [4.69, 9.17) is 22.4 Å². The molecule has 0 bridgehead atoms. The molecule has 5 rings (SSSR count). The van der Waals surface area contributed by atoms with Crippen molar-refractivity contribution in [2.24, 2.45) is 0 Å². The van der Waals surface area contributed by atoms with Gasteiger partial charge in [-0.3, -0.25) is 4.90 Å². The van der Waals surface area contributed by atoms with Crippen molar-refractivity contribution >= 4 is 23.2 Å². The van der Waals surface area contributed by atoms with Gasteiger partial charge in [-0.05, 0) is 56.1 Å². The molecule has 0 aliphatic carbocycles. The minimum atomic E-state index is 0.248. The Kier molecular flexibility index (Phi) is 5.29. The van der Waals surface area contributed by atoms with Gasteiger partial charge in [0.2, 0.25) is 5.95 Å². The Balaban J connectivity index is 1.46. The van der Waals surface area contributed by atoms with E-state index in [0.29, 0.717) is 5.92 Å². The fraction of sp³-hybridized carbons (Fsp3) is 0.304. The van der Waals surface area contributed by atoms with Crippen LogP contribution in [0.1, 0.15) is 35.7 Å². The zero-order valence-corrected chi connectivity index (χ0v) is 18.1. The van der Waals surface area contributed by atoms with E-state index in [0.717, 1.165) is 60.1 Å². The molecule has 0 amide bonds. The Morgan fingerprint density at radius 2 is 1.90 bits per heavy atom. The summed E-state index contributed by atoms with van der Waals surface area (Å²) in [6, 6.07) is 12.1. The summed E-state index contributed by atoms with van der Waals surface area (Å²) in [5.41, 5.74) is 11.6.